The van der Waals surface area contributed by atoms with Gasteiger partial charge in [-0.15, -0.1) is 4.99 Å². The summed E-state index contributed by atoms with van der Waals surface area (Å²) in [4.78, 5) is 23.6. The first-order valence-corrected chi connectivity index (χ1v) is 4.45. The van der Waals surface area contributed by atoms with Crippen LogP contribution in [-0.4, -0.2) is 12.0 Å². The van der Waals surface area contributed by atoms with Crippen LogP contribution in [0, 0.1) is 0 Å². The normalized spacial score (nSPS) is 9.21. The van der Waals surface area contributed by atoms with Crippen LogP contribution in [0.2, 0.25) is 5.02 Å². The largest absolute Gasteiger partial charge is 0.272 e. The highest BCUT2D eigenvalue weighted by molar-refractivity contribution is 6.30. The number of aliphatic imine (C=N–C) groups is 1. The summed E-state index contributed by atoms with van der Waals surface area (Å²) in [5, 5.41) is 0.658. The number of aryl methyl sites for hydroxylation is 1. The van der Waals surface area contributed by atoms with Crippen LogP contribution in [0.25, 0.3) is 0 Å². The Balaban J connectivity index is 2.49. The molecule has 0 saturated heterocycles. The van der Waals surface area contributed by atoms with Crippen molar-refractivity contribution < 1.29 is 9.59 Å². The molecule has 72 valence electrons. The molecule has 0 N–H and O–H groups in total. The Kier molecular flexibility index (Phi) is 4.05. The second-order valence-electron chi connectivity index (χ2n) is 2.72. The van der Waals surface area contributed by atoms with E-state index in [0.717, 1.165) is 5.56 Å². The smallest absolute Gasteiger partial charge is 0.256 e. The number of carbonyl (C=O) groups excluding carboxylic acids is 2. The summed E-state index contributed by atoms with van der Waals surface area (Å²) in [6.07, 6.45) is 1.99. The molecule has 0 radical (unpaired) electrons. The van der Waals surface area contributed by atoms with Gasteiger partial charge in [0, 0.05) is 11.4 Å². The van der Waals surface area contributed by atoms with E-state index >= 15 is 0 Å². The van der Waals surface area contributed by atoms with Crippen molar-refractivity contribution in [3.63, 3.8) is 0 Å². The van der Waals surface area contributed by atoms with E-state index in [-0.39, 0.29) is 6.42 Å². The fourth-order valence-corrected chi connectivity index (χ4v) is 1.14. The predicted molar refractivity (Wildman–Crippen MR) is 52.9 cm³/mol. The van der Waals surface area contributed by atoms with E-state index in [4.69, 9.17) is 11.6 Å². The Hall–Kier alpha value is -1.44. The van der Waals surface area contributed by atoms with E-state index < -0.39 is 5.91 Å². The number of nitrogens with zero attached hydrogens (tertiary/aromatic N) is 1. The first-order valence-electron chi connectivity index (χ1n) is 4.07. The lowest BCUT2D eigenvalue weighted by molar-refractivity contribution is -0.117. The van der Waals surface area contributed by atoms with Crippen molar-refractivity contribution in [2.75, 3.05) is 0 Å². The van der Waals surface area contributed by atoms with Crippen LogP contribution in [0.1, 0.15) is 12.0 Å². The molecule has 0 heterocycles. The quantitative estimate of drug-likeness (QED) is 0.566. The lowest BCUT2D eigenvalue weighted by atomic mass is 10.1. The van der Waals surface area contributed by atoms with E-state index in [1.165, 1.54) is 6.08 Å². The number of hydrogen-bond acceptors (Lipinski definition) is 2. The molecule has 0 saturated carbocycles. The molecule has 0 atom stereocenters. The summed E-state index contributed by atoms with van der Waals surface area (Å²) >= 11 is 5.69. The fraction of sp³-hybridized carbons (Fsp3) is 0.200. The third-order valence-electron chi connectivity index (χ3n) is 1.71. The van der Waals surface area contributed by atoms with E-state index in [9.17, 15) is 9.59 Å². The van der Waals surface area contributed by atoms with E-state index in [0.29, 0.717) is 11.4 Å². The summed E-state index contributed by atoms with van der Waals surface area (Å²) < 4.78 is 0. The fourth-order valence-electron chi connectivity index (χ4n) is 1.01. The molecule has 1 aromatic carbocycles. The van der Waals surface area contributed by atoms with Gasteiger partial charge in [-0.05, 0) is 24.1 Å². The molecule has 4 heteroatoms. The van der Waals surface area contributed by atoms with E-state index in [2.05, 4.69) is 4.99 Å². The standard InChI is InChI=1S/C10H8ClNO2/c11-9-4-1-8(2-5-9)3-6-10(14)12-7-13/h1-2,4-5H,3,6H2. The molecule has 1 amide bonds. The maximum absolute atomic E-state index is 10.8. The molecular weight excluding hydrogens is 202 g/mol. The molecule has 0 bridgehead atoms. The monoisotopic (exact) mass is 209 g/mol. The van der Waals surface area contributed by atoms with Gasteiger partial charge >= 0.3 is 0 Å². The Labute approximate surface area is 86.4 Å². The lowest BCUT2D eigenvalue weighted by Crippen LogP contribution is -1.95. The molecule has 0 aliphatic heterocycles. The third-order valence-corrected chi connectivity index (χ3v) is 1.96. The molecule has 0 aliphatic rings. The minimum absolute atomic E-state index is 0.219. The number of benzene rings is 1. The average Bonchev–Trinajstić information content (AvgIpc) is 2.17. The zero-order valence-electron chi connectivity index (χ0n) is 7.37. The lowest BCUT2D eigenvalue weighted by Gasteiger charge is -1.97. The van der Waals surface area contributed by atoms with Gasteiger partial charge in [-0.2, -0.15) is 0 Å². The number of isocyanates is 1. The first-order chi connectivity index (χ1) is 6.72. The summed E-state index contributed by atoms with van der Waals surface area (Å²) in [7, 11) is 0. The zero-order chi connectivity index (χ0) is 10.4. The van der Waals surface area contributed by atoms with Gasteiger partial charge in [0.15, 0.2) is 0 Å². The maximum Gasteiger partial charge on any atom is 0.256 e. The minimum Gasteiger partial charge on any atom is -0.272 e. The average molecular weight is 210 g/mol. The van der Waals surface area contributed by atoms with Crippen molar-refractivity contribution in [1.29, 1.82) is 0 Å². The van der Waals surface area contributed by atoms with Crippen molar-refractivity contribution in [2.45, 2.75) is 12.8 Å². The summed E-state index contributed by atoms with van der Waals surface area (Å²) in [6.45, 7) is 0. The van der Waals surface area contributed by atoms with E-state index in [1.54, 1.807) is 12.1 Å². The molecule has 1 rings (SSSR count). The van der Waals surface area contributed by atoms with Crippen molar-refractivity contribution in [2.24, 2.45) is 4.99 Å². The number of carbonyl (C=O) groups is 1. The molecule has 3 nitrogen and oxygen atoms in total. The Morgan fingerprint density at radius 1 is 1.36 bits per heavy atom. The topological polar surface area (TPSA) is 46.5 Å². The highest BCUT2D eigenvalue weighted by Crippen LogP contribution is 2.10. The maximum atomic E-state index is 10.8. The number of hydrogen-bond donors (Lipinski definition) is 0. The summed E-state index contributed by atoms with van der Waals surface area (Å²) in [6, 6.07) is 7.18. The van der Waals surface area contributed by atoms with Crippen molar-refractivity contribution in [3.8, 4) is 0 Å². The molecule has 0 aromatic heterocycles. The van der Waals surface area contributed by atoms with Gasteiger partial charge in [0.05, 0.1) is 0 Å². The van der Waals surface area contributed by atoms with Gasteiger partial charge < -0.3 is 0 Å². The number of rotatable bonds is 3. The second kappa shape index (κ2) is 5.32. The summed E-state index contributed by atoms with van der Waals surface area (Å²) in [5.41, 5.74) is 0.990. The van der Waals surface area contributed by atoms with Crippen molar-refractivity contribution in [3.05, 3.63) is 34.9 Å². The highest BCUT2D eigenvalue weighted by Gasteiger charge is 1.99. The molecule has 0 spiro atoms. The zero-order valence-corrected chi connectivity index (χ0v) is 8.12. The molecule has 0 unspecified atom stereocenters. The van der Waals surface area contributed by atoms with Crippen molar-refractivity contribution in [1.82, 2.24) is 0 Å². The molecule has 0 fully saturated rings. The first kappa shape index (κ1) is 10.6. The van der Waals surface area contributed by atoms with Crippen LogP contribution < -0.4 is 0 Å². The molecular formula is C10H8ClNO2. The van der Waals surface area contributed by atoms with Gasteiger partial charge in [0.25, 0.3) is 5.91 Å². The third kappa shape index (κ3) is 3.52. The predicted octanol–water partition coefficient (Wildman–Crippen LogP) is 2.13. The second-order valence-corrected chi connectivity index (χ2v) is 3.16. The highest BCUT2D eigenvalue weighted by atomic mass is 35.5. The van der Waals surface area contributed by atoms with Crippen LogP contribution in [0.15, 0.2) is 29.3 Å². The molecule has 0 aliphatic carbocycles. The van der Waals surface area contributed by atoms with Gasteiger partial charge in [-0.1, -0.05) is 23.7 Å². The van der Waals surface area contributed by atoms with Crippen LogP contribution >= 0.6 is 11.6 Å². The Bertz CT molecular complexity index is 366. The van der Waals surface area contributed by atoms with Crippen LogP contribution in [0.3, 0.4) is 0 Å². The minimum atomic E-state index is -0.449. The van der Waals surface area contributed by atoms with Crippen LogP contribution in [0.4, 0.5) is 0 Å². The van der Waals surface area contributed by atoms with Crippen LogP contribution in [0.5, 0.6) is 0 Å². The Morgan fingerprint density at radius 3 is 2.57 bits per heavy atom. The number of halogens is 1. The summed E-state index contributed by atoms with van der Waals surface area (Å²) in [5.74, 6) is -0.449. The Morgan fingerprint density at radius 2 is 2.00 bits per heavy atom. The number of amides is 1. The van der Waals surface area contributed by atoms with Gasteiger partial charge in [-0.25, -0.2) is 4.79 Å². The molecule has 1 aromatic rings. The van der Waals surface area contributed by atoms with Crippen molar-refractivity contribution >= 4 is 23.6 Å². The van der Waals surface area contributed by atoms with Gasteiger partial charge in [0.1, 0.15) is 0 Å². The van der Waals surface area contributed by atoms with Gasteiger partial charge in [-0.3, -0.25) is 4.79 Å². The SMILES string of the molecule is O=C=NC(=O)CCc1ccc(Cl)cc1. The van der Waals surface area contributed by atoms with Crippen LogP contribution in [-0.2, 0) is 16.0 Å². The molecule has 14 heavy (non-hydrogen) atoms. The van der Waals surface area contributed by atoms with E-state index in [1.807, 2.05) is 12.1 Å². The van der Waals surface area contributed by atoms with Gasteiger partial charge in [0.2, 0.25) is 6.08 Å².